The number of fused-ring (bicyclic) bond motifs is 2. The number of carbonyl (C=O) groups is 2. The largest absolute Gasteiger partial charge is 0.448 e. The number of hydrogen-bond acceptors (Lipinski definition) is 4. The minimum atomic E-state index is -0.849. The molecule has 30 heavy (non-hydrogen) atoms. The van der Waals surface area contributed by atoms with E-state index in [1.165, 1.54) is 41.0 Å². The molecule has 1 aromatic heterocycles. The lowest BCUT2D eigenvalue weighted by Crippen LogP contribution is -2.40. The zero-order valence-corrected chi connectivity index (χ0v) is 18.3. The van der Waals surface area contributed by atoms with Gasteiger partial charge >= 0.3 is 5.97 Å². The average Bonchev–Trinajstić information content (AvgIpc) is 3.05. The number of anilines is 1. The zero-order chi connectivity index (χ0) is 21.1. The maximum atomic E-state index is 13.2. The molecule has 0 fully saturated rings. The van der Waals surface area contributed by atoms with Crippen LogP contribution in [-0.2, 0) is 22.4 Å². The van der Waals surface area contributed by atoms with Gasteiger partial charge in [-0.05, 0) is 62.6 Å². The molecule has 2 aromatic carbocycles. The summed E-state index contributed by atoms with van der Waals surface area (Å²) in [5, 5.41) is 2.08. The molecule has 0 radical (unpaired) electrons. The predicted molar refractivity (Wildman–Crippen MR) is 122 cm³/mol. The zero-order valence-electron chi connectivity index (χ0n) is 17.5. The van der Waals surface area contributed by atoms with Crippen molar-refractivity contribution in [2.24, 2.45) is 0 Å². The highest BCUT2D eigenvalue weighted by atomic mass is 32.1. The lowest BCUT2D eigenvalue weighted by molar-refractivity contribution is -0.126. The lowest BCUT2D eigenvalue weighted by atomic mass is 10.1. The molecule has 0 saturated carbocycles. The van der Waals surface area contributed by atoms with Gasteiger partial charge in [-0.15, -0.1) is 11.3 Å². The fourth-order valence-electron chi connectivity index (χ4n) is 4.15. The van der Waals surface area contributed by atoms with Crippen molar-refractivity contribution in [1.82, 2.24) is 0 Å². The van der Waals surface area contributed by atoms with E-state index < -0.39 is 12.1 Å². The molecule has 0 saturated heterocycles. The van der Waals surface area contributed by atoms with Crippen molar-refractivity contribution in [2.75, 3.05) is 11.4 Å². The van der Waals surface area contributed by atoms with Crippen molar-refractivity contribution in [3.63, 3.8) is 0 Å². The summed E-state index contributed by atoms with van der Waals surface area (Å²) < 4.78 is 5.60. The summed E-state index contributed by atoms with van der Waals surface area (Å²) in [5.74, 6) is -0.608. The molecule has 1 aliphatic carbocycles. The van der Waals surface area contributed by atoms with Gasteiger partial charge in [-0.1, -0.05) is 42.8 Å². The van der Waals surface area contributed by atoms with Gasteiger partial charge in [0.1, 0.15) is 4.88 Å². The normalized spacial score (nSPS) is 14.6. The van der Waals surface area contributed by atoms with E-state index in [-0.39, 0.29) is 5.91 Å². The van der Waals surface area contributed by atoms with Crippen LogP contribution in [0.5, 0.6) is 0 Å². The second kappa shape index (κ2) is 9.00. The number of thiophene rings is 1. The Hall–Kier alpha value is -2.66. The fraction of sp³-hybridized carbons (Fsp3) is 0.360. The quantitative estimate of drug-likeness (QED) is 0.388. The molecular formula is C25H27NO3S. The standard InChI is InChI=1S/C25H27NO3S/c1-3-26(21-14-9-12-18-10-7-8-13-20(18)21)24(27)17(2)29-25(28)23-16-19-11-5-4-6-15-22(19)30-23/h7-10,12-14,16-17H,3-6,11,15H2,1-2H3/t17-/m1/s1. The van der Waals surface area contributed by atoms with Crippen LogP contribution in [0.15, 0.2) is 48.5 Å². The number of amides is 1. The van der Waals surface area contributed by atoms with Crippen LogP contribution in [-0.4, -0.2) is 24.5 Å². The van der Waals surface area contributed by atoms with Gasteiger partial charge in [0.05, 0.1) is 5.69 Å². The summed E-state index contributed by atoms with van der Waals surface area (Å²) in [5.41, 5.74) is 2.11. The summed E-state index contributed by atoms with van der Waals surface area (Å²) in [7, 11) is 0. The van der Waals surface area contributed by atoms with Crippen molar-refractivity contribution in [2.45, 2.75) is 52.1 Å². The van der Waals surface area contributed by atoms with Crippen LogP contribution in [0.2, 0.25) is 0 Å². The summed E-state index contributed by atoms with van der Waals surface area (Å²) in [4.78, 5) is 29.5. The molecule has 0 unspecified atom stereocenters. The minimum Gasteiger partial charge on any atom is -0.448 e. The molecule has 1 amide bonds. The van der Waals surface area contributed by atoms with Crippen molar-refractivity contribution < 1.29 is 14.3 Å². The van der Waals surface area contributed by atoms with Gasteiger partial charge in [0.25, 0.3) is 5.91 Å². The molecule has 0 aliphatic heterocycles. The van der Waals surface area contributed by atoms with Crippen molar-refractivity contribution in [3.05, 3.63) is 63.8 Å². The molecule has 5 heteroatoms. The third-order valence-corrected chi connectivity index (χ3v) is 6.94. The highest BCUT2D eigenvalue weighted by Crippen LogP contribution is 2.30. The Labute approximate surface area is 181 Å². The molecular weight excluding hydrogens is 394 g/mol. The summed E-state index contributed by atoms with van der Waals surface area (Å²) in [6.07, 6.45) is 4.80. The number of aryl methyl sites for hydroxylation is 2. The molecule has 3 aromatic rings. The fourth-order valence-corrected chi connectivity index (χ4v) is 5.28. The van der Waals surface area contributed by atoms with Gasteiger partial charge < -0.3 is 9.64 Å². The lowest BCUT2D eigenvalue weighted by Gasteiger charge is -2.25. The number of benzene rings is 2. The highest BCUT2D eigenvalue weighted by Gasteiger charge is 2.27. The number of hydrogen-bond donors (Lipinski definition) is 0. The van der Waals surface area contributed by atoms with E-state index in [9.17, 15) is 9.59 Å². The number of carbonyl (C=O) groups excluding carboxylic acids is 2. The van der Waals surface area contributed by atoms with Gasteiger partial charge in [0.15, 0.2) is 6.10 Å². The number of rotatable bonds is 5. The second-order valence-corrected chi connectivity index (χ2v) is 8.88. The first-order valence-electron chi connectivity index (χ1n) is 10.7. The molecule has 0 spiro atoms. The molecule has 156 valence electrons. The maximum Gasteiger partial charge on any atom is 0.349 e. The Kier molecular flexibility index (Phi) is 6.18. The minimum absolute atomic E-state index is 0.208. The van der Waals surface area contributed by atoms with Gasteiger partial charge in [-0.3, -0.25) is 4.79 Å². The second-order valence-electron chi connectivity index (χ2n) is 7.75. The van der Waals surface area contributed by atoms with Gasteiger partial charge in [0, 0.05) is 16.8 Å². The van der Waals surface area contributed by atoms with Crippen LogP contribution in [0.3, 0.4) is 0 Å². The molecule has 4 rings (SSSR count). The molecule has 0 bridgehead atoms. The van der Waals surface area contributed by atoms with Crippen molar-refractivity contribution in [1.29, 1.82) is 0 Å². The monoisotopic (exact) mass is 421 g/mol. The van der Waals surface area contributed by atoms with Crippen LogP contribution in [0.25, 0.3) is 10.8 Å². The number of likely N-dealkylation sites (N-methyl/N-ethyl adjacent to an activating group) is 1. The van der Waals surface area contributed by atoms with E-state index in [4.69, 9.17) is 4.74 Å². The Morgan fingerprint density at radius 3 is 2.67 bits per heavy atom. The van der Waals surface area contributed by atoms with E-state index in [2.05, 4.69) is 0 Å². The van der Waals surface area contributed by atoms with Crippen LogP contribution in [0.4, 0.5) is 5.69 Å². The van der Waals surface area contributed by atoms with Crippen molar-refractivity contribution in [3.8, 4) is 0 Å². The number of esters is 1. The number of ether oxygens (including phenoxy) is 1. The van der Waals surface area contributed by atoms with E-state index in [0.29, 0.717) is 11.4 Å². The van der Waals surface area contributed by atoms with Crippen LogP contribution in [0.1, 0.15) is 53.2 Å². The third kappa shape index (κ3) is 4.12. The van der Waals surface area contributed by atoms with Crippen LogP contribution >= 0.6 is 11.3 Å². The van der Waals surface area contributed by atoms with Gasteiger partial charge in [0.2, 0.25) is 0 Å². The first-order chi connectivity index (χ1) is 14.6. The Morgan fingerprint density at radius 1 is 1.07 bits per heavy atom. The molecule has 1 atom stereocenters. The summed E-state index contributed by atoms with van der Waals surface area (Å²) >= 11 is 1.52. The van der Waals surface area contributed by atoms with Crippen molar-refractivity contribution >= 4 is 39.7 Å². The number of nitrogens with zero attached hydrogens (tertiary/aromatic N) is 1. The Morgan fingerprint density at radius 2 is 1.83 bits per heavy atom. The Balaban J connectivity index is 1.51. The smallest absolute Gasteiger partial charge is 0.349 e. The van der Waals surface area contributed by atoms with E-state index in [1.54, 1.807) is 11.8 Å². The maximum absolute atomic E-state index is 13.2. The molecule has 4 nitrogen and oxygen atoms in total. The van der Waals surface area contributed by atoms with Gasteiger partial charge in [-0.2, -0.15) is 0 Å². The molecule has 1 aliphatic rings. The third-order valence-electron chi connectivity index (χ3n) is 5.72. The molecule has 0 N–H and O–H groups in total. The van der Waals surface area contributed by atoms with E-state index in [1.807, 2.05) is 55.5 Å². The SMILES string of the molecule is CCN(C(=O)[C@@H](C)OC(=O)c1cc2c(s1)CCCCC2)c1cccc2ccccc12. The topological polar surface area (TPSA) is 46.6 Å². The van der Waals surface area contributed by atoms with Crippen LogP contribution in [0, 0.1) is 0 Å². The first kappa shape index (κ1) is 20.6. The van der Waals surface area contributed by atoms with E-state index >= 15 is 0 Å². The first-order valence-corrected chi connectivity index (χ1v) is 11.5. The van der Waals surface area contributed by atoms with E-state index in [0.717, 1.165) is 29.3 Å². The Bertz CT molecular complexity index is 1040. The summed E-state index contributed by atoms with van der Waals surface area (Å²) in [6.45, 7) is 4.10. The van der Waals surface area contributed by atoms with Gasteiger partial charge in [-0.25, -0.2) is 4.79 Å². The van der Waals surface area contributed by atoms with Crippen LogP contribution < -0.4 is 4.90 Å². The highest BCUT2D eigenvalue weighted by molar-refractivity contribution is 7.14. The predicted octanol–water partition coefficient (Wildman–Crippen LogP) is 5.77. The summed E-state index contributed by atoms with van der Waals surface area (Å²) in [6, 6.07) is 15.9. The average molecular weight is 422 g/mol. The molecule has 1 heterocycles.